The van der Waals surface area contributed by atoms with Crippen LogP contribution in [0.15, 0.2) is 29.4 Å². The van der Waals surface area contributed by atoms with Crippen LogP contribution in [0.3, 0.4) is 0 Å². The summed E-state index contributed by atoms with van der Waals surface area (Å²) in [4.78, 5) is 31.3. The zero-order chi connectivity index (χ0) is 26.7. The molecule has 3 aliphatic heterocycles. The maximum atomic E-state index is 14.8. The van der Waals surface area contributed by atoms with Crippen molar-refractivity contribution in [2.24, 2.45) is 11.1 Å². The summed E-state index contributed by atoms with van der Waals surface area (Å²) in [5, 5.41) is 15.2. The number of aliphatic hydroxyl groups excluding tert-OH is 1. The number of nitrogens with one attached hydrogen (secondary N) is 1. The van der Waals surface area contributed by atoms with E-state index in [1.165, 1.54) is 12.1 Å². The number of hydrogen-bond acceptors (Lipinski definition) is 7. The van der Waals surface area contributed by atoms with Gasteiger partial charge in [-0.25, -0.2) is 9.18 Å². The van der Waals surface area contributed by atoms with E-state index in [1.807, 2.05) is 0 Å². The van der Waals surface area contributed by atoms with Gasteiger partial charge in [0.2, 0.25) is 0 Å². The van der Waals surface area contributed by atoms with Gasteiger partial charge in [-0.05, 0) is 18.6 Å². The Morgan fingerprint density at radius 1 is 1.24 bits per heavy atom. The van der Waals surface area contributed by atoms with Gasteiger partial charge in [0.25, 0.3) is 0 Å². The zero-order valence-corrected chi connectivity index (χ0v) is 20.3. The van der Waals surface area contributed by atoms with Crippen molar-refractivity contribution in [3.63, 3.8) is 0 Å². The molecular formula is C24H18Cl2F4N2O5. The fraction of sp³-hybridized carbons (Fsp3) is 0.375. The van der Waals surface area contributed by atoms with Crippen molar-refractivity contribution in [3.8, 4) is 0 Å². The third-order valence-corrected chi connectivity index (χ3v) is 7.16. The minimum Gasteiger partial charge on any atom is -0.448 e. The molecule has 196 valence electrons. The number of oxime groups is 1. The smallest absolute Gasteiger partial charge is 0.401 e. The number of rotatable bonds is 6. The summed E-state index contributed by atoms with van der Waals surface area (Å²) < 4.78 is 63.7. The first kappa shape index (κ1) is 25.9. The molecule has 13 heteroatoms. The first-order chi connectivity index (χ1) is 17.5. The lowest BCUT2D eigenvalue weighted by molar-refractivity contribution is -0.178. The number of nitrogens with zero attached hydrogens (tertiary/aromatic N) is 1. The maximum absolute atomic E-state index is 14.8. The summed E-state index contributed by atoms with van der Waals surface area (Å²) in [5.41, 5.74) is -2.65. The number of alkyl halides is 3. The molecule has 2 unspecified atom stereocenters. The van der Waals surface area contributed by atoms with Gasteiger partial charge >= 0.3 is 12.1 Å². The fourth-order valence-electron chi connectivity index (χ4n) is 4.90. The lowest BCUT2D eigenvalue weighted by atomic mass is 9.79. The molecule has 0 saturated carbocycles. The molecule has 2 N–H and O–H groups in total. The van der Waals surface area contributed by atoms with Crippen LogP contribution in [-0.4, -0.2) is 48.4 Å². The predicted octanol–water partition coefficient (Wildman–Crippen LogP) is 4.71. The Bertz CT molecular complexity index is 1340. The minimum atomic E-state index is -5.01. The summed E-state index contributed by atoms with van der Waals surface area (Å²) in [6.07, 6.45) is -7.23. The highest BCUT2D eigenvalue weighted by Gasteiger charge is 2.57. The first-order valence-corrected chi connectivity index (χ1v) is 11.9. The van der Waals surface area contributed by atoms with E-state index >= 15 is 0 Å². The molecule has 3 heterocycles. The Balaban J connectivity index is 1.67. The summed E-state index contributed by atoms with van der Waals surface area (Å²) in [5.74, 6) is -5.20. The third kappa shape index (κ3) is 4.18. The van der Waals surface area contributed by atoms with Crippen molar-refractivity contribution in [2.45, 2.75) is 30.7 Å². The molecule has 1 saturated heterocycles. The normalized spacial score (nSPS) is 21.8. The molecule has 1 fully saturated rings. The van der Waals surface area contributed by atoms with E-state index in [9.17, 15) is 32.3 Å². The molecule has 0 aliphatic carbocycles. The molecule has 3 aliphatic rings. The highest BCUT2D eigenvalue weighted by atomic mass is 35.5. The SMILES string of the molecule is O=C(CCCO)c1c(C2=NOC(c3cc(Cl)cc(Cl)c3F)C2C(F)(F)F)ccc2c1C(=O)OC21CNC1. The van der Waals surface area contributed by atoms with Crippen LogP contribution in [0.25, 0.3) is 0 Å². The first-order valence-electron chi connectivity index (χ1n) is 11.2. The van der Waals surface area contributed by atoms with Crippen LogP contribution in [0.1, 0.15) is 56.4 Å². The Morgan fingerprint density at radius 2 is 1.97 bits per heavy atom. The van der Waals surface area contributed by atoms with E-state index in [1.54, 1.807) is 0 Å². The highest BCUT2D eigenvalue weighted by Crippen LogP contribution is 2.49. The number of Topliss-reactive ketones (excluding diaryl/α,β-unsaturated/α-hetero) is 1. The van der Waals surface area contributed by atoms with E-state index < -0.39 is 57.7 Å². The van der Waals surface area contributed by atoms with Crippen molar-refractivity contribution in [3.05, 3.63) is 67.9 Å². The maximum Gasteiger partial charge on any atom is 0.401 e. The molecule has 2 atom stereocenters. The zero-order valence-electron chi connectivity index (χ0n) is 18.8. The standard InChI is InChI=1S/C24H18Cl2F4N2O5/c25-10-6-12(19(27)14(26)7-10)21-18(24(28,29)30)20(32-37-21)11-3-4-13-17(16(11)15(34)2-1-5-33)22(35)36-23(13)8-31-9-23/h3-4,6-7,18,21,31,33H,1-2,5,8-9H2. The molecule has 37 heavy (non-hydrogen) atoms. The van der Waals surface area contributed by atoms with Gasteiger partial charge in [-0.15, -0.1) is 0 Å². The van der Waals surface area contributed by atoms with Crippen LogP contribution < -0.4 is 5.32 Å². The summed E-state index contributed by atoms with van der Waals surface area (Å²) in [7, 11) is 0. The van der Waals surface area contributed by atoms with Gasteiger partial charge in [0.1, 0.15) is 17.4 Å². The van der Waals surface area contributed by atoms with Crippen LogP contribution >= 0.6 is 23.2 Å². The van der Waals surface area contributed by atoms with Crippen molar-refractivity contribution in [1.82, 2.24) is 5.32 Å². The molecule has 0 aromatic heterocycles. The Morgan fingerprint density at radius 3 is 2.59 bits per heavy atom. The van der Waals surface area contributed by atoms with Gasteiger partial charge in [-0.1, -0.05) is 40.5 Å². The van der Waals surface area contributed by atoms with Gasteiger partial charge in [-0.3, -0.25) is 4.79 Å². The number of ether oxygens (including phenoxy) is 1. The molecule has 0 bridgehead atoms. The lowest BCUT2D eigenvalue weighted by Crippen LogP contribution is -2.57. The number of aliphatic hydroxyl groups is 1. The lowest BCUT2D eigenvalue weighted by Gasteiger charge is -2.38. The third-order valence-electron chi connectivity index (χ3n) is 6.67. The number of fused-ring (bicyclic) bond motifs is 2. The number of esters is 1. The summed E-state index contributed by atoms with van der Waals surface area (Å²) in [6.45, 7) is 0.212. The summed E-state index contributed by atoms with van der Waals surface area (Å²) >= 11 is 11.7. The van der Waals surface area contributed by atoms with Gasteiger partial charge in [0.05, 0.1) is 10.6 Å². The summed E-state index contributed by atoms with van der Waals surface area (Å²) in [6, 6.07) is 4.69. The second-order valence-corrected chi connectivity index (χ2v) is 9.80. The van der Waals surface area contributed by atoms with E-state index in [2.05, 4.69) is 10.5 Å². The van der Waals surface area contributed by atoms with E-state index in [-0.39, 0.29) is 54.3 Å². The monoisotopic (exact) mass is 560 g/mol. The van der Waals surface area contributed by atoms with Gasteiger partial charge in [0, 0.05) is 53.4 Å². The molecule has 5 rings (SSSR count). The average Bonchev–Trinajstić information content (AvgIpc) is 3.39. The number of hydrogen-bond donors (Lipinski definition) is 2. The van der Waals surface area contributed by atoms with Crippen molar-refractivity contribution in [1.29, 1.82) is 0 Å². The molecule has 1 spiro atoms. The molecule has 7 nitrogen and oxygen atoms in total. The highest BCUT2D eigenvalue weighted by molar-refractivity contribution is 6.34. The second-order valence-electron chi connectivity index (χ2n) is 8.96. The quantitative estimate of drug-likeness (QED) is 0.230. The number of carbonyl (C=O) groups is 2. The van der Waals surface area contributed by atoms with E-state index in [4.69, 9.17) is 32.8 Å². The van der Waals surface area contributed by atoms with Crippen LogP contribution in [0, 0.1) is 11.7 Å². The van der Waals surface area contributed by atoms with Gasteiger partial charge in [-0.2, -0.15) is 13.2 Å². The number of halogens is 6. The average molecular weight is 561 g/mol. The molecular weight excluding hydrogens is 543 g/mol. The largest absolute Gasteiger partial charge is 0.448 e. The van der Waals surface area contributed by atoms with Crippen molar-refractivity contribution in [2.75, 3.05) is 19.7 Å². The van der Waals surface area contributed by atoms with E-state index in [0.29, 0.717) is 5.56 Å². The number of carbonyl (C=O) groups excluding carboxylic acids is 2. The van der Waals surface area contributed by atoms with Crippen molar-refractivity contribution >= 4 is 40.7 Å². The second kappa shape index (κ2) is 9.23. The molecule has 2 aromatic carbocycles. The number of ketones is 1. The van der Waals surface area contributed by atoms with E-state index in [0.717, 1.165) is 12.1 Å². The van der Waals surface area contributed by atoms with Gasteiger partial charge in [0.15, 0.2) is 17.5 Å². The molecule has 0 amide bonds. The predicted molar refractivity (Wildman–Crippen MR) is 123 cm³/mol. The molecule has 0 radical (unpaired) electrons. The topological polar surface area (TPSA) is 97.2 Å². The number of benzene rings is 2. The van der Waals surface area contributed by atoms with Crippen LogP contribution in [-0.2, 0) is 15.2 Å². The van der Waals surface area contributed by atoms with Crippen LogP contribution in [0.4, 0.5) is 17.6 Å². The Kier molecular flexibility index (Phi) is 6.46. The fourth-order valence-corrected chi connectivity index (χ4v) is 5.41. The Hall–Kier alpha value is -2.73. The van der Waals surface area contributed by atoms with Crippen LogP contribution in [0.2, 0.25) is 10.0 Å². The van der Waals surface area contributed by atoms with Crippen LogP contribution in [0.5, 0.6) is 0 Å². The minimum absolute atomic E-state index is 0.0181. The molecule has 2 aromatic rings. The Labute approximate surface area is 217 Å². The van der Waals surface area contributed by atoms with Gasteiger partial charge < -0.3 is 20.0 Å². The van der Waals surface area contributed by atoms with Crippen molar-refractivity contribution < 1.29 is 41.8 Å².